The van der Waals surface area contributed by atoms with Gasteiger partial charge < -0.3 is 15.0 Å². The van der Waals surface area contributed by atoms with Gasteiger partial charge in [-0.15, -0.1) is 0 Å². The molecule has 0 amide bonds. The highest BCUT2D eigenvalue weighted by molar-refractivity contribution is 7.80. The highest BCUT2D eigenvalue weighted by Gasteiger charge is 2.24. The Morgan fingerprint density at radius 3 is 2.62 bits per heavy atom. The van der Waals surface area contributed by atoms with E-state index in [0.717, 1.165) is 24.7 Å². The molecular weight excluding hydrogens is 280 g/mol. The second-order valence-corrected chi connectivity index (χ2v) is 5.96. The highest BCUT2D eigenvalue weighted by atomic mass is 32.1. The SMILES string of the molecule is COCCCNC(=S)N(c1ccccc1)C1CCCCC1. The summed E-state index contributed by atoms with van der Waals surface area (Å²) in [6, 6.07) is 11.0. The second kappa shape index (κ2) is 9.00. The van der Waals surface area contributed by atoms with Crippen LogP contribution in [0.3, 0.4) is 0 Å². The molecule has 21 heavy (non-hydrogen) atoms. The van der Waals surface area contributed by atoms with Gasteiger partial charge in [-0.2, -0.15) is 0 Å². The maximum Gasteiger partial charge on any atom is 0.173 e. The highest BCUT2D eigenvalue weighted by Crippen LogP contribution is 2.27. The number of ether oxygens (including phenoxy) is 1. The normalized spacial score (nSPS) is 15.7. The van der Waals surface area contributed by atoms with Gasteiger partial charge >= 0.3 is 0 Å². The number of anilines is 1. The fourth-order valence-electron chi connectivity index (χ4n) is 2.92. The first-order valence-corrected chi connectivity index (χ1v) is 8.35. The summed E-state index contributed by atoms with van der Waals surface area (Å²) < 4.78 is 5.09. The lowest BCUT2D eigenvalue weighted by Gasteiger charge is -2.36. The van der Waals surface area contributed by atoms with Crippen LogP contribution in [0.15, 0.2) is 30.3 Å². The van der Waals surface area contributed by atoms with Crippen molar-refractivity contribution in [3.05, 3.63) is 30.3 Å². The predicted molar refractivity (Wildman–Crippen MR) is 92.9 cm³/mol. The van der Waals surface area contributed by atoms with E-state index in [1.807, 2.05) is 0 Å². The predicted octanol–water partition coefficient (Wildman–Crippen LogP) is 3.74. The lowest BCUT2D eigenvalue weighted by molar-refractivity contribution is 0.195. The number of thiocarbonyl (C=S) groups is 1. The van der Waals surface area contributed by atoms with Gasteiger partial charge in [-0.1, -0.05) is 37.5 Å². The molecular formula is C17H26N2OS. The fourth-order valence-corrected chi connectivity index (χ4v) is 3.28. The minimum Gasteiger partial charge on any atom is -0.385 e. The van der Waals surface area contributed by atoms with E-state index >= 15 is 0 Å². The van der Waals surface area contributed by atoms with Gasteiger partial charge in [0.2, 0.25) is 0 Å². The number of para-hydroxylation sites is 1. The second-order valence-electron chi connectivity index (χ2n) is 5.58. The van der Waals surface area contributed by atoms with Crippen LogP contribution in [0, 0.1) is 0 Å². The van der Waals surface area contributed by atoms with Crippen molar-refractivity contribution >= 4 is 23.0 Å². The average molecular weight is 306 g/mol. The summed E-state index contributed by atoms with van der Waals surface area (Å²) in [5.41, 5.74) is 1.20. The molecule has 4 heteroatoms. The van der Waals surface area contributed by atoms with Crippen LogP contribution in [0.2, 0.25) is 0 Å². The molecule has 0 unspecified atom stereocenters. The Morgan fingerprint density at radius 2 is 1.95 bits per heavy atom. The Bertz CT molecular complexity index is 418. The summed E-state index contributed by atoms with van der Waals surface area (Å²) in [6.45, 7) is 1.63. The van der Waals surface area contributed by atoms with Gasteiger partial charge in [-0.05, 0) is 43.6 Å². The first-order valence-electron chi connectivity index (χ1n) is 7.94. The van der Waals surface area contributed by atoms with Gasteiger partial charge in [0.25, 0.3) is 0 Å². The van der Waals surface area contributed by atoms with Gasteiger partial charge in [0.05, 0.1) is 0 Å². The average Bonchev–Trinajstić information content (AvgIpc) is 2.54. The summed E-state index contributed by atoms with van der Waals surface area (Å²) >= 11 is 5.66. The first kappa shape index (κ1) is 16.2. The van der Waals surface area contributed by atoms with E-state index < -0.39 is 0 Å². The number of nitrogens with zero attached hydrogens (tertiary/aromatic N) is 1. The van der Waals surface area contributed by atoms with Crippen LogP contribution in [-0.4, -0.2) is 31.4 Å². The maximum atomic E-state index is 5.66. The molecule has 2 rings (SSSR count). The van der Waals surface area contributed by atoms with Crippen LogP contribution < -0.4 is 10.2 Å². The molecule has 1 fully saturated rings. The molecule has 116 valence electrons. The monoisotopic (exact) mass is 306 g/mol. The molecule has 1 saturated carbocycles. The molecule has 1 aliphatic carbocycles. The number of hydrogen-bond acceptors (Lipinski definition) is 2. The molecule has 0 aliphatic heterocycles. The zero-order chi connectivity index (χ0) is 14.9. The van der Waals surface area contributed by atoms with Crippen LogP contribution in [0.4, 0.5) is 5.69 Å². The van der Waals surface area contributed by atoms with Crippen molar-refractivity contribution in [3.63, 3.8) is 0 Å². The molecule has 1 N–H and O–H groups in total. The molecule has 0 atom stereocenters. The van der Waals surface area contributed by atoms with Gasteiger partial charge in [-0.3, -0.25) is 0 Å². The van der Waals surface area contributed by atoms with Crippen LogP contribution in [0.1, 0.15) is 38.5 Å². The van der Waals surface area contributed by atoms with Crippen molar-refractivity contribution in [1.29, 1.82) is 0 Å². The summed E-state index contributed by atoms with van der Waals surface area (Å²) in [4.78, 5) is 2.32. The zero-order valence-electron chi connectivity index (χ0n) is 12.9. The molecule has 0 saturated heterocycles. The van der Waals surface area contributed by atoms with Crippen molar-refractivity contribution in [2.45, 2.75) is 44.6 Å². The van der Waals surface area contributed by atoms with E-state index in [9.17, 15) is 0 Å². The Hall–Kier alpha value is -1.13. The van der Waals surface area contributed by atoms with Crippen LogP contribution in [0.25, 0.3) is 0 Å². The third kappa shape index (κ3) is 4.97. The van der Waals surface area contributed by atoms with Gasteiger partial charge in [-0.25, -0.2) is 0 Å². The molecule has 0 spiro atoms. The van der Waals surface area contributed by atoms with E-state index in [1.54, 1.807) is 7.11 Å². The maximum absolute atomic E-state index is 5.66. The Balaban J connectivity index is 2.02. The summed E-state index contributed by atoms with van der Waals surface area (Å²) in [6.07, 6.45) is 7.40. The molecule has 3 nitrogen and oxygen atoms in total. The topological polar surface area (TPSA) is 24.5 Å². The van der Waals surface area contributed by atoms with E-state index in [4.69, 9.17) is 17.0 Å². The summed E-state index contributed by atoms with van der Waals surface area (Å²) in [5, 5.41) is 4.24. The largest absolute Gasteiger partial charge is 0.385 e. The first-order chi connectivity index (χ1) is 10.3. The molecule has 0 bridgehead atoms. The van der Waals surface area contributed by atoms with Crippen LogP contribution in [-0.2, 0) is 4.74 Å². The van der Waals surface area contributed by atoms with E-state index in [-0.39, 0.29) is 0 Å². The summed E-state index contributed by atoms with van der Waals surface area (Å²) in [5.74, 6) is 0. The number of hydrogen-bond donors (Lipinski definition) is 1. The van der Waals surface area contributed by atoms with Crippen molar-refractivity contribution in [2.24, 2.45) is 0 Å². The zero-order valence-corrected chi connectivity index (χ0v) is 13.7. The Morgan fingerprint density at radius 1 is 1.24 bits per heavy atom. The quantitative estimate of drug-likeness (QED) is 0.639. The van der Waals surface area contributed by atoms with E-state index in [2.05, 4.69) is 40.5 Å². The van der Waals surface area contributed by atoms with E-state index in [1.165, 1.54) is 37.8 Å². The third-order valence-electron chi connectivity index (χ3n) is 3.99. The molecule has 1 aromatic carbocycles. The van der Waals surface area contributed by atoms with Gasteiger partial charge in [0.1, 0.15) is 0 Å². The minimum atomic E-state index is 0.531. The molecule has 0 heterocycles. The Kier molecular flexibility index (Phi) is 6.96. The minimum absolute atomic E-state index is 0.531. The van der Waals surface area contributed by atoms with Crippen LogP contribution in [0.5, 0.6) is 0 Å². The summed E-state index contributed by atoms with van der Waals surface area (Å²) in [7, 11) is 1.73. The molecule has 1 aliphatic rings. The lowest BCUT2D eigenvalue weighted by Crippen LogP contribution is -2.47. The third-order valence-corrected chi connectivity index (χ3v) is 4.34. The Labute approximate surface area is 133 Å². The number of benzene rings is 1. The molecule has 0 radical (unpaired) electrons. The van der Waals surface area contributed by atoms with Crippen LogP contribution >= 0.6 is 12.2 Å². The lowest BCUT2D eigenvalue weighted by atomic mass is 9.94. The molecule has 0 aromatic heterocycles. The fraction of sp³-hybridized carbons (Fsp3) is 0.588. The number of nitrogens with one attached hydrogen (secondary N) is 1. The van der Waals surface area contributed by atoms with Crippen molar-refractivity contribution in [3.8, 4) is 0 Å². The van der Waals surface area contributed by atoms with Gasteiger partial charge in [0.15, 0.2) is 5.11 Å². The number of rotatable bonds is 6. The molecule has 1 aromatic rings. The van der Waals surface area contributed by atoms with Gasteiger partial charge in [0, 0.05) is 32.0 Å². The standard InChI is InChI=1S/C17H26N2OS/c1-20-14-8-13-18-17(21)19(15-9-4-2-5-10-15)16-11-6-3-7-12-16/h2,4-5,9-10,16H,3,6-8,11-14H2,1H3,(H,18,21). The van der Waals surface area contributed by atoms with Crippen molar-refractivity contribution in [2.75, 3.05) is 25.2 Å². The smallest absolute Gasteiger partial charge is 0.173 e. The van der Waals surface area contributed by atoms with E-state index in [0.29, 0.717) is 6.04 Å². The van der Waals surface area contributed by atoms with Crippen molar-refractivity contribution < 1.29 is 4.74 Å². The number of methoxy groups -OCH3 is 1. The van der Waals surface area contributed by atoms with Crippen molar-refractivity contribution in [1.82, 2.24) is 5.32 Å².